The third-order valence-corrected chi connectivity index (χ3v) is 5.10. The largest absolute Gasteiger partial charge is 0.326 e. The first-order chi connectivity index (χ1) is 10.5. The van der Waals surface area contributed by atoms with Crippen LogP contribution in [-0.2, 0) is 11.2 Å². The lowest BCUT2D eigenvalue weighted by Gasteiger charge is -2.37. The van der Waals surface area contributed by atoms with Crippen LogP contribution in [0.25, 0.3) is 0 Å². The zero-order chi connectivity index (χ0) is 15.7. The van der Waals surface area contributed by atoms with Crippen molar-refractivity contribution in [3.05, 3.63) is 29.3 Å². The molecule has 1 amide bonds. The fourth-order valence-electron chi connectivity index (χ4n) is 3.72. The SMILES string of the molecule is CC1(N)CCCCC1C(=O)Nc1ccc2c(c1)C(=O)CCC2. The maximum Gasteiger partial charge on any atom is 0.229 e. The van der Waals surface area contributed by atoms with E-state index in [2.05, 4.69) is 5.32 Å². The first-order valence-electron chi connectivity index (χ1n) is 8.23. The van der Waals surface area contributed by atoms with Gasteiger partial charge in [-0.05, 0) is 50.3 Å². The van der Waals surface area contributed by atoms with Gasteiger partial charge in [-0.25, -0.2) is 0 Å². The normalized spacial score (nSPS) is 28.1. The van der Waals surface area contributed by atoms with Gasteiger partial charge in [0, 0.05) is 23.2 Å². The Labute approximate surface area is 131 Å². The second-order valence-corrected chi connectivity index (χ2v) is 6.94. The highest BCUT2D eigenvalue weighted by Gasteiger charge is 2.37. The van der Waals surface area contributed by atoms with Crippen LogP contribution in [0.3, 0.4) is 0 Å². The van der Waals surface area contributed by atoms with Crippen molar-refractivity contribution in [2.24, 2.45) is 11.7 Å². The molecule has 1 saturated carbocycles. The number of anilines is 1. The average Bonchev–Trinajstić information content (AvgIpc) is 2.47. The average molecular weight is 300 g/mol. The van der Waals surface area contributed by atoms with E-state index in [9.17, 15) is 9.59 Å². The summed E-state index contributed by atoms with van der Waals surface area (Å²) in [7, 11) is 0. The Bertz CT molecular complexity index is 607. The summed E-state index contributed by atoms with van der Waals surface area (Å²) in [6.45, 7) is 1.97. The minimum Gasteiger partial charge on any atom is -0.326 e. The second kappa shape index (κ2) is 5.84. The molecule has 118 valence electrons. The Kier molecular flexibility index (Phi) is 4.04. The third kappa shape index (κ3) is 2.93. The number of carbonyl (C=O) groups excluding carboxylic acids is 2. The van der Waals surface area contributed by atoms with Gasteiger partial charge in [0.15, 0.2) is 5.78 Å². The number of nitrogens with one attached hydrogen (secondary N) is 1. The van der Waals surface area contributed by atoms with Gasteiger partial charge in [0.25, 0.3) is 0 Å². The summed E-state index contributed by atoms with van der Waals surface area (Å²) in [5.74, 6) is -0.000397. The molecule has 4 heteroatoms. The maximum atomic E-state index is 12.6. The molecule has 2 unspecified atom stereocenters. The second-order valence-electron chi connectivity index (χ2n) is 6.94. The van der Waals surface area contributed by atoms with E-state index in [1.165, 1.54) is 0 Å². The number of hydrogen-bond donors (Lipinski definition) is 2. The van der Waals surface area contributed by atoms with Crippen LogP contribution in [0.15, 0.2) is 18.2 Å². The van der Waals surface area contributed by atoms with Crippen LogP contribution in [0.2, 0.25) is 0 Å². The monoisotopic (exact) mass is 300 g/mol. The van der Waals surface area contributed by atoms with E-state index in [1.54, 1.807) is 0 Å². The molecule has 1 fully saturated rings. The van der Waals surface area contributed by atoms with Crippen LogP contribution in [0, 0.1) is 5.92 Å². The van der Waals surface area contributed by atoms with E-state index < -0.39 is 5.54 Å². The summed E-state index contributed by atoms with van der Waals surface area (Å²) in [5, 5.41) is 2.97. The molecule has 0 aromatic heterocycles. The lowest BCUT2D eigenvalue weighted by atomic mass is 9.74. The van der Waals surface area contributed by atoms with E-state index >= 15 is 0 Å². The minimum atomic E-state index is -0.438. The van der Waals surface area contributed by atoms with E-state index in [-0.39, 0.29) is 17.6 Å². The van der Waals surface area contributed by atoms with Crippen molar-refractivity contribution in [1.82, 2.24) is 0 Å². The van der Waals surface area contributed by atoms with Crippen molar-refractivity contribution >= 4 is 17.4 Å². The first kappa shape index (κ1) is 15.2. The van der Waals surface area contributed by atoms with Crippen LogP contribution >= 0.6 is 0 Å². The molecular weight excluding hydrogens is 276 g/mol. The molecule has 22 heavy (non-hydrogen) atoms. The number of carbonyl (C=O) groups is 2. The fraction of sp³-hybridized carbons (Fsp3) is 0.556. The van der Waals surface area contributed by atoms with Gasteiger partial charge in [0.05, 0.1) is 5.92 Å². The summed E-state index contributed by atoms with van der Waals surface area (Å²) < 4.78 is 0. The Morgan fingerprint density at radius 1 is 1.27 bits per heavy atom. The lowest BCUT2D eigenvalue weighted by molar-refractivity contribution is -0.122. The summed E-state index contributed by atoms with van der Waals surface area (Å²) in [4.78, 5) is 24.6. The standard InChI is InChI=1S/C18H24N2O2/c1-18(19)10-3-2-6-15(18)17(22)20-13-9-8-12-5-4-7-16(21)14(12)11-13/h8-9,11,15H,2-7,10,19H2,1H3,(H,20,22). The van der Waals surface area contributed by atoms with Crippen molar-refractivity contribution < 1.29 is 9.59 Å². The summed E-state index contributed by atoms with van der Waals surface area (Å²) >= 11 is 0. The molecular formula is C18H24N2O2. The number of benzene rings is 1. The third-order valence-electron chi connectivity index (χ3n) is 5.10. The summed E-state index contributed by atoms with van der Waals surface area (Å²) in [5.41, 5.74) is 8.43. The van der Waals surface area contributed by atoms with Crippen LogP contribution in [0.4, 0.5) is 5.69 Å². The number of Topliss-reactive ketones (excluding diaryl/α,β-unsaturated/α-hetero) is 1. The van der Waals surface area contributed by atoms with Crippen LogP contribution in [-0.4, -0.2) is 17.2 Å². The number of aryl methyl sites for hydroxylation is 1. The van der Waals surface area contributed by atoms with Crippen molar-refractivity contribution in [2.75, 3.05) is 5.32 Å². The molecule has 0 spiro atoms. The van der Waals surface area contributed by atoms with Gasteiger partial charge in [0.2, 0.25) is 5.91 Å². The van der Waals surface area contributed by atoms with E-state index in [4.69, 9.17) is 5.73 Å². The van der Waals surface area contributed by atoms with Gasteiger partial charge in [-0.2, -0.15) is 0 Å². The van der Waals surface area contributed by atoms with Gasteiger partial charge >= 0.3 is 0 Å². The van der Waals surface area contributed by atoms with Crippen LogP contribution < -0.4 is 11.1 Å². The molecule has 1 aromatic carbocycles. The van der Waals surface area contributed by atoms with Crippen molar-refractivity contribution in [2.45, 2.75) is 57.4 Å². The molecule has 2 aliphatic rings. The van der Waals surface area contributed by atoms with Crippen molar-refractivity contribution in [3.8, 4) is 0 Å². The molecule has 2 aliphatic carbocycles. The van der Waals surface area contributed by atoms with Crippen molar-refractivity contribution in [3.63, 3.8) is 0 Å². The Morgan fingerprint density at radius 2 is 2.09 bits per heavy atom. The number of ketones is 1. The fourth-order valence-corrected chi connectivity index (χ4v) is 3.72. The highest BCUT2D eigenvalue weighted by Crippen LogP contribution is 2.33. The van der Waals surface area contributed by atoms with E-state index in [1.807, 2.05) is 25.1 Å². The predicted molar refractivity (Wildman–Crippen MR) is 86.9 cm³/mol. The van der Waals surface area contributed by atoms with Gasteiger partial charge in [-0.15, -0.1) is 0 Å². The Morgan fingerprint density at radius 3 is 2.86 bits per heavy atom. The molecule has 0 saturated heterocycles. The zero-order valence-electron chi connectivity index (χ0n) is 13.2. The molecule has 0 heterocycles. The predicted octanol–water partition coefficient (Wildman–Crippen LogP) is 3.05. The quantitative estimate of drug-likeness (QED) is 0.881. The van der Waals surface area contributed by atoms with Gasteiger partial charge in [0.1, 0.15) is 0 Å². The number of hydrogen-bond acceptors (Lipinski definition) is 3. The van der Waals surface area contributed by atoms with Crippen LogP contribution in [0.1, 0.15) is 61.4 Å². The summed E-state index contributed by atoms with van der Waals surface area (Å²) in [6.07, 6.45) is 6.33. The first-order valence-corrected chi connectivity index (χ1v) is 8.23. The molecule has 3 N–H and O–H groups in total. The van der Waals surface area contributed by atoms with Crippen LogP contribution in [0.5, 0.6) is 0 Å². The molecule has 1 aromatic rings. The Hall–Kier alpha value is -1.68. The number of nitrogens with two attached hydrogens (primary N) is 1. The lowest BCUT2D eigenvalue weighted by Crippen LogP contribution is -2.51. The topological polar surface area (TPSA) is 72.2 Å². The highest BCUT2D eigenvalue weighted by atomic mass is 16.2. The molecule has 0 bridgehead atoms. The summed E-state index contributed by atoms with van der Waals surface area (Å²) in [6, 6.07) is 5.68. The highest BCUT2D eigenvalue weighted by molar-refractivity contribution is 6.01. The molecule has 4 nitrogen and oxygen atoms in total. The van der Waals surface area contributed by atoms with E-state index in [0.717, 1.165) is 49.7 Å². The van der Waals surface area contributed by atoms with Gasteiger partial charge in [-0.1, -0.05) is 18.9 Å². The molecule has 0 aliphatic heterocycles. The molecule has 2 atom stereocenters. The molecule has 0 radical (unpaired) electrons. The zero-order valence-corrected chi connectivity index (χ0v) is 13.2. The number of fused-ring (bicyclic) bond motifs is 1. The number of rotatable bonds is 2. The maximum absolute atomic E-state index is 12.6. The number of amides is 1. The van der Waals surface area contributed by atoms with Gasteiger partial charge in [-0.3, -0.25) is 9.59 Å². The minimum absolute atomic E-state index is 0.0205. The molecule has 3 rings (SSSR count). The van der Waals surface area contributed by atoms with Crippen molar-refractivity contribution in [1.29, 1.82) is 0 Å². The van der Waals surface area contributed by atoms with E-state index in [0.29, 0.717) is 12.1 Å². The Balaban J connectivity index is 1.77. The smallest absolute Gasteiger partial charge is 0.229 e. The van der Waals surface area contributed by atoms with Gasteiger partial charge < -0.3 is 11.1 Å².